The molecule has 1 N–H and O–H groups in total. The van der Waals surface area contributed by atoms with Crippen molar-refractivity contribution in [1.29, 1.82) is 0 Å². The van der Waals surface area contributed by atoms with E-state index in [1.165, 1.54) is 4.90 Å². The second-order valence-electron chi connectivity index (χ2n) is 13.7. The molecule has 11 heteroatoms. The number of β-amino-alcohol motifs (C(OH)–C–C–N with tert-alkyl or cyclic N) is 1. The van der Waals surface area contributed by atoms with E-state index >= 15 is 0 Å². The molecule has 0 bridgehead atoms. The predicted molar refractivity (Wildman–Crippen MR) is 182 cm³/mol. The molecule has 4 heterocycles. The van der Waals surface area contributed by atoms with E-state index in [2.05, 4.69) is 24.9 Å². The van der Waals surface area contributed by atoms with E-state index in [4.69, 9.17) is 19.4 Å². The summed E-state index contributed by atoms with van der Waals surface area (Å²) in [5.74, 6) is 2.57. The van der Waals surface area contributed by atoms with Gasteiger partial charge in [-0.25, -0.2) is 14.8 Å². The third-order valence-electron chi connectivity index (χ3n) is 9.99. The number of rotatable bonds is 9. The molecule has 6 rings (SSSR count). The molecule has 2 saturated carbocycles. The standard InChI is InChI=1S/C36H47N5O5S/c1-22(2)34-38-18-32(47-34)27-15-16-37-33(17-27)41(19-24-5-7-25(8-6-24)30-13-14-31(45-4)23(3)39-30)35(43)26-9-11-29(12-10-26)46-36(44)40-20-28(42)21-40/h13-18,22,24-26,28-29,42H,5-12,19-21H2,1-4H3/t24-,25-,26-,29-. The fourth-order valence-electron chi connectivity index (χ4n) is 7.08. The van der Waals surface area contributed by atoms with E-state index < -0.39 is 6.10 Å². The van der Waals surface area contributed by atoms with Crippen LogP contribution in [0.5, 0.6) is 5.75 Å². The highest BCUT2D eigenvalue weighted by Gasteiger charge is 2.36. The smallest absolute Gasteiger partial charge is 0.410 e. The zero-order chi connectivity index (χ0) is 33.1. The normalized spacial score (nSPS) is 23.3. The van der Waals surface area contributed by atoms with E-state index in [-0.39, 0.29) is 24.0 Å². The van der Waals surface area contributed by atoms with Crippen LogP contribution < -0.4 is 9.64 Å². The molecule has 1 saturated heterocycles. The number of carbonyl (C=O) groups excluding carboxylic acids is 2. The van der Waals surface area contributed by atoms with Crippen molar-refractivity contribution in [2.24, 2.45) is 11.8 Å². The maximum absolute atomic E-state index is 14.3. The van der Waals surface area contributed by atoms with E-state index in [0.29, 0.717) is 68.9 Å². The summed E-state index contributed by atoms with van der Waals surface area (Å²) in [6.07, 6.45) is 9.42. The number of aryl methyl sites for hydroxylation is 1. The molecule has 252 valence electrons. The van der Waals surface area contributed by atoms with E-state index in [0.717, 1.165) is 58.3 Å². The number of hydrogen-bond donors (Lipinski definition) is 1. The van der Waals surface area contributed by atoms with Gasteiger partial charge in [0, 0.05) is 42.4 Å². The lowest BCUT2D eigenvalue weighted by Crippen LogP contribution is -2.54. The van der Waals surface area contributed by atoms with Gasteiger partial charge in [-0.3, -0.25) is 14.7 Å². The summed E-state index contributed by atoms with van der Waals surface area (Å²) < 4.78 is 11.1. The molecule has 3 aromatic heterocycles. The minimum absolute atomic E-state index is 0.104. The summed E-state index contributed by atoms with van der Waals surface area (Å²) in [6, 6.07) is 8.14. The van der Waals surface area contributed by atoms with Crippen LogP contribution in [0.2, 0.25) is 0 Å². The number of aliphatic hydroxyl groups excluding tert-OH is 1. The largest absolute Gasteiger partial charge is 0.495 e. The van der Waals surface area contributed by atoms with Crippen LogP contribution in [0.3, 0.4) is 0 Å². The highest BCUT2D eigenvalue weighted by atomic mass is 32.1. The summed E-state index contributed by atoms with van der Waals surface area (Å²) in [7, 11) is 1.67. The van der Waals surface area contributed by atoms with Crippen LogP contribution >= 0.6 is 11.3 Å². The Morgan fingerprint density at radius 2 is 1.79 bits per heavy atom. The lowest BCUT2D eigenvalue weighted by molar-refractivity contribution is -0.124. The molecule has 2 aliphatic carbocycles. The highest BCUT2D eigenvalue weighted by Crippen LogP contribution is 2.38. The van der Waals surface area contributed by atoms with Crippen molar-refractivity contribution in [3.63, 3.8) is 0 Å². The number of anilines is 1. The van der Waals surface area contributed by atoms with Crippen LogP contribution in [0, 0.1) is 18.8 Å². The molecule has 0 atom stereocenters. The van der Waals surface area contributed by atoms with Crippen LogP contribution in [0.25, 0.3) is 10.4 Å². The van der Waals surface area contributed by atoms with Crippen molar-refractivity contribution in [3.8, 4) is 16.2 Å². The van der Waals surface area contributed by atoms with Crippen molar-refractivity contribution >= 4 is 29.2 Å². The Morgan fingerprint density at radius 1 is 1.04 bits per heavy atom. The Labute approximate surface area is 281 Å². The quantitative estimate of drug-likeness (QED) is 0.269. The van der Waals surface area contributed by atoms with E-state index in [1.54, 1.807) is 24.6 Å². The molecule has 0 spiro atoms. The van der Waals surface area contributed by atoms with Crippen molar-refractivity contribution in [1.82, 2.24) is 19.9 Å². The van der Waals surface area contributed by atoms with Gasteiger partial charge in [0.2, 0.25) is 5.91 Å². The molecule has 0 aromatic carbocycles. The Balaban J connectivity index is 1.15. The highest BCUT2D eigenvalue weighted by molar-refractivity contribution is 7.15. The summed E-state index contributed by atoms with van der Waals surface area (Å²) in [6.45, 7) is 7.56. The average Bonchev–Trinajstić information content (AvgIpc) is 3.57. The van der Waals surface area contributed by atoms with Gasteiger partial charge in [0.05, 0.1) is 41.9 Å². The second kappa shape index (κ2) is 14.7. The van der Waals surface area contributed by atoms with Gasteiger partial charge in [-0.1, -0.05) is 13.8 Å². The predicted octanol–water partition coefficient (Wildman–Crippen LogP) is 6.72. The zero-order valence-electron chi connectivity index (χ0n) is 27.9. The molecule has 1 aliphatic heterocycles. The molecular weight excluding hydrogens is 614 g/mol. The summed E-state index contributed by atoms with van der Waals surface area (Å²) in [5, 5.41) is 10.6. The van der Waals surface area contributed by atoms with Gasteiger partial charge in [-0.05, 0) is 94.0 Å². The van der Waals surface area contributed by atoms with Crippen molar-refractivity contribution in [2.75, 3.05) is 31.6 Å². The van der Waals surface area contributed by atoms with E-state index in [1.807, 2.05) is 36.2 Å². The molecule has 3 aromatic rings. The van der Waals surface area contributed by atoms with Gasteiger partial charge in [0.25, 0.3) is 0 Å². The first-order chi connectivity index (χ1) is 22.7. The molecule has 3 aliphatic rings. The molecule has 10 nitrogen and oxygen atoms in total. The Kier molecular flexibility index (Phi) is 10.4. The number of aliphatic hydroxyl groups is 1. The first-order valence-electron chi connectivity index (χ1n) is 17.1. The topological polar surface area (TPSA) is 118 Å². The lowest BCUT2D eigenvalue weighted by atomic mass is 9.79. The van der Waals surface area contributed by atoms with Gasteiger partial charge in [-0.2, -0.15) is 0 Å². The van der Waals surface area contributed by atoms with Gasteiger partial charge in [0.1, 0.15) is 17.7 Å². The average molecular weight is 662 g/mol. The number of methoxy groups -OCH3 is 1. The van der Waals surface area contributed by atoms with E-state index in [9.17, 15) is 14.7 Å². The van der Waals surface area contributed by atoms with Crippen LogP contribution in [-0.4, -0.2) is 75.9 Å². The van der Waals surface area contributed by atoms with Crippen LogP contribution in [0.15, 0.2) is 36.7 Å². The minimum atomic E-state index is -0.458. The van der Waals surface area contributed by atoms with Crippen LogP contribution in [0.1, 0.15) is 93.4 Å². The number of thiazole rings is 1. The minimum Gasteiger partial charge on any atom is -0.495 e. The molecule has 3 fully saturated rings. The van der Waals surface area contributed by atoms with Crippen molar-refractivity contribution in [3.05, 3.63) is 53.1 Å². The maximum Gasteiger partial charge on any atom is 0.410 e. The number of hydrogen-bond acceptors (Lipinski definition) is 9. The summed E-state index contributed by atoms with van der Waals surface area (Å²) in [4.78, 5) is 45.5. The first-order valence-corrected chi connectivity index (χ1v) is 17.9. The second-order valence-corrected chi connectivity index (χ2v) is 14.8. The number of pyridine rings is 2. The zero-order valence-corrected chi connectivity index (χ0v) is 28.7. The van der Waals surface area contributed by atoms with Gasteiger partial charge >= 0.3 is 6.09 Å². The number of aromatic nitrogens is 3. The fraction of sp³-hybridized carbons (Fsp3) is 0.583. The molecule has 0 unspecified atom stereocenters. The number of nitrogens with zero attached hydrogens (tertiary/aromatic N) is 5. The molecule has 47 heavy (non-hydrogen) atoms. The summed E-state index contributed by atoms with van der Waals surface area (Å²) in [5.41, 5.74) is 3.06. The Bertz CT molecular complexity index is 1540. The molecular formula is C36H47N5O5S. The van der Waals surface area contributed by atoms with Crippen LogP contribution in [0.4, 0.5) is 10.6 Å². The fourth-order valence-corrected chi connectivity index (χ4v) is 8.00. The Morgan fingerprint density at radius 3 is 2.43 bits per heavy atom. The number of carbonyl (C=O) groups is 2. The lowest BCUT2D eigenvalue weighted by Gasteiger charge is -2.37. The number of amides is 2. The first kappa shape index (κ1) is 33.3. The molecule has 0 radical (unpaired) electrons. The summed E-state index contributed by atoms with van der Waals surface area (Å²) >= 11 is 1.69. The third kappa shape index (κ3) is 7.78. The monoisotopic (exact) mass is 661 g/mol. The number of likely N-dealkylation sites (tertiary alicyclic amines) is 1. The van der Waals surface area contributed by atoms with Gasteiger partial charge in [-0.15, -0.1) is 11.3 Å². The SMILES string of the molecule is COc1ccc([C@H]2CC[C@H](CN(c3cc(-c4cnc(C(C)C)s4)ccn3)C(=O)[C@H]3CC[C@H](OC(=O)N4CC(O)C4)CC3)CC2)nc1C. The maximum atomic E-state index is 14.3. The van der Waals surface area contributed by atoms with Gasteiger partial charge < -0.3 is 19.5 Å². The van der Waals surface area contributed by atoms with Gasteiger partial charge in [0.15, 0.2) is 0 Å². The Hall–Kier alpha value is -3.57. The van der Waals surface area contributed by atoms with Crippen molar-refractivity contribution in [2.45, 2.75) is 96.2 Å². The molecule has 2 amide bonds. The number of ether oxygens (including phenoxy) is 2. The van der Waals surface area contributed by atoms with Crippen LogP contribution in [-0.2, 0) is 9.53 Å². The third-order valence-corrected chi connectivity index (χ3v) is 11.3. The van der Waals surface area contributed by atoms with Crippen molar-refractivity contribution < 1.29 is 24.2 Å².